The number of hydrogen-bond acceptors (Lipinski definition) is 1. The molecule has 1 aromatic rings. The van der Waals surface area contributed by atoms with Crippen LogP contribution in [0.15, 0.2) is 0 Å². The van der Waals surface area contributed by atoms with Gasteiger partial charge in [0.05, 0.1) is 5.54 Å². The van der Waals surface area contributed by atoms with Crippen molar-refractivity contribution in [3.05, 3.63) is 15.0 Å². The smallest absolute Gasteiger partial charge is 0.257 e. The SMILES string of the molecule is CC(C)(C)n1nc(I)c2c1C(F)(F)[C@@H]1C[C@H]21. The van der Waals surface area contributed by atoms with E-state index in [1.807, 2.05) is 20.8 Å². The number of nitrogens with zero attached hydrogens (tertiary/aromatic N) is 2. The Hall–Kier alpha value is -0.200. The summed E-state index contributed by atoms with van der Waals surface area (Å²) < 4.78 is 30.5. The average Bonchev–Trinajstić information content (AvgIpc) is 2.76. The first-order chi connectivity index (χ1) is 7.24. The van der Waals surface area contributed by atoms with Crippen molar-refractivity contribution < 1.29 is 8.78 Å². The minimum atomic E-state index is -2.68. The third-order valence-electron chi connectivity index (χ3n) is 3.46. The van der Waals surface area contributed by atoms with Gasteiger partial charge < -0.3 is 0 Å². The number of alkyl halides is 2. The summed E-state index contributed by atoms with van der Waals surface area (Å²) in [4.78, 5) is 0. The molecule has 16 heavy (non-hydrogen) atoms. The zero-order valence-corrected chi connectivity index (χ0v) is 11.5. The maximum Gasteiger partial charge on any atom is 0.293 e. The molecule has 0 saturated heterocycles. The molecule has 0 N–H and O–H groups in total. The Morgan fingerprint density at radius 2 is 2.06 bits per heavy atom. The van der Waals surface area contributed by atoms with Crippen LogP contribution in [-0.4, -0.2) is 9.78 Å². The zero-order chi connectivity index (χ0) is 11.9. The standard InChI is InChI=1S/C11H13F2IN2/c1-10(2,3)16-8-7(9(14)15-16)5-4-6(5)11(8,12)13/h5-6H,4H2,1-3H3/t5-,6+/m0/s1. The summed E-state index contributed by atoms with van der Waals surface area (Å²) in [6.45, 7) is 5.74. The van der Waals surface area contributed by atoms with E-state index in [2.05, 4.69) is 27.7 Å². The van der Waals surface area contributed by atoms with Gasteiger partial charge in [-0.15, -0.1) is 0 Å². The summed E-state index contributed by atoms with van der Waals surface area (Å²) in [6, 6.07) is 0. The maximum absolute atomic E-state index is 14.1. The van der Waals surface area contributed by atoms with Crippen molar-refractivity contribution in [3.8, 4) is 0 Å². The normalized spacial score (nSPS) is 30.1. The molecule has 2 aliphatic rings. The summed E-state index contributed by atoms with van der Waals surface area (Å²) in [7, 11) is 0. The summed E-state index contributed by atoms with van der Waals surface area (Å²) >= 11 is 2.08. The van der Waals surface area contributed by atoms with E-state index in [0.29, 0.717) is 6.42 Å². The second-order valence-electron chi connectivity index (χ2n) is 5.71. The second-order valence-corrected chi connectivity index (χ2v) is 6.73. The van der Waals surface area contributed by atoms with Crippen molar-refractivity contribution in [2.75, 3.05) is 0 Å². The van der Waals surface area contributed by atoms with Crippen LogP contribution in [0.1, 0.15) is 44.4 Å². The molecule has 0 radical (unpaired) electrons. The Bertz CT molecular complexity index is 473. The average molecular weight is 338 g/mol. The predicted molar refractivity (Wildman–Crippen MR) is 64.7 cm³/mol. The number of hydrogen-bond donors (Lipinski definition) is 0. The van der Waals surface area contributed by atoms with Gasteiger partial charge in [0.2, 0.25) is 0 Å². The van der Waals surface area contributed by atoms with E-state index < -0.39 is 11.8 Å². The highest BCUT2D eigenvalue weighted by atomic mass is 127. The quantitative estimate of drug-likeness (QED) is 0.663. The van der Waals surface area contributed by atoms with E-state index in [4.69, 9.17) is 0 Å². The van der Waals surface area contributed by atoms with E-state index in [1.165, 1.54) is 4.68 Å². The minimum absolute atomic E-state index is 0.0630. The van der Waals surface area contributed by atoms with Crippen LogP contribution in [0.5, 0.6) is 0 Å². The van der Waals surface area contributed by atoms with Crippen LogP contribution in [0.3, 0.4) is 0 Å². The van der Waals surface area contributed by atoms with E-state index >= 15 is 0 Å². The van der Waals surface area contributed by atoms with E-state index in [9.17, 15) is 8.78 Å². The fourth-order valence-corrected chi connectivity index (χ4v) is 3.50. The van der Waals surface area contributed by atoms with Crippen LogP contribution in [0.2, 0.25) is 0 Å². The molecule has 2 atom stereocenters. The van der Waals surface area contributed by atoms with Crippen LogP contribution < -0.4 is 0 Å². The molecule has 2 aliphatic carbocycles. The summed E-state index contributed by atoms with van der Waals surface area (Å²) in [5.41, 5.74) is 0.601. The Balaban J connectivity index is 2.26. The topological polar surface area (TPSA) is 17.8 Å². The lowest BCUT2D eigenvalue weighted by Gasteiger charge is -2.25. The van der Waals surface area contributed by atoms with Gasteiger partial charge in [-0.25, -0.2) is 0 Å². The van der Waals surface area contributed by atoms with Crippen LogP contribution in [0.25, 0.3) is 0 Å². The van der Waals surface area contributed by atoms with Crippen molar-refractivity contribution >= 4 is 22.6 Å². The maximum atomic E-state index is 14.1. The first-order valence-corrected chi connectivity index (χ1v) is 6.49. The van der Waals surface area contributed by atoms with Gasteiger partial charge in [0.1, 0.15) is 9.39 Å². The highest BCUT2D eigenvalue weighted by Crippen LogP contribution is 2.67. The summed E-state index contributed by atoms with van der Waals surface area (Å²) in [5, 5.41) is 4.30. The highest BCUT2D eigenvalue weighted by Gasteiger charge is 2.67. The van der Waals surface area contributed by atoms with Crippen LogP contribution in [0.4, 0.5) is 8.78 Å². The minimum Gasteiger partial charge on any atom is -0.257 e. The lowest BCUT2D eigenvalue weighted by atomic mass is 10.1. The zero-order valence-electron chi connectivity index (χ0n) is 9.39. The molecule has 5 heteroatoms. The van der Waals surface area contributed by atoms with Gasteiger partial charge in [-0.1, -0.05) is 0 Å². The van der Waals surface area contributed by atoms with Gasteiger partial charge >= 0.3 is 0 Å². The largest absolute Gasteiger partial charge is 0.293 e. The van der Waals surface area contributed by atoms with Crippen molar-refractivity contribution in [2.45, 2.75) is 44.6 Å². The van der Waals surface area contributed by atoms with Crippen molar-refractivity contribution in [1.29, 1.82) is 0 Å². The molecule has 0 spiro atoms. The molecule has 0 unspecified atom stereocenters. The van der Waals surface area contributed by atoms with E-state index in [0.717, 1.165) is 9.26 Å². The number of rotatable bonds is 0. The molecule has 1 heterocycles. The first kappa shape index (κ1) is 10.9. The predicted octanol–water partition coefficient (Wildman–Crippen LogP) is 3.45. The van der Waals surface area contributed by atoms with E-state index in [1.54, 1.807) is 0 Å². The molecule has 0 aliphatic heterocycles. The van der Waals surface area contributed by atoms with Crippen molar-refractivity contribution in [2.24, 2.45) is 5.92 Å². The number of fused-ring (bicyclic) bond motifs is 3. The van der Waals surface area contributed by atoms with Crippen LogP contribution >= 0.6 is 22.6 Å². The number of halogens is 3. The molecule has 1 saturated carbocycles. The Kier molecular flexibility index (Phi) is 1.90. The van der Waals surface area contributed by atoms with Gasteiger partial charge in [0.15, 0.2) is 0 Å². The van der Waals surface area contributed by atoms with Gasteiger partial charge in [-0.3, -0.25) is 4.68 Å². The fraction of sp³-hybridized carbons (Fsp3) is 0.727. The summed E-state index contributed by atoms with van der Waals surface area (Å²) in [6.07, 6.45) is 0.631. The number of aromatic nitrogens is 2. The lowest BCUT2D eigenvalue weighted by molar-refractivity contribution is -0.0342. The Labute approximate surface area is 107 Å². The molecule has 1 fully saturated rings. The molecule has 1 aromatic heterocycles. The molecular formula is C11H13F2IN2. The third-order valence-corrected chi connectivity index (χ3v) is 4.25. The van der Waals surface area contributed by atoms with Gasteiger partial charge in [-0.2, -0.15) is 13.9 Å². The van der Waals surface area contributed by atoms with Crippen molar-refractivity contribution in [3.63, 3.8) is 0 Å². The lowest BCUT2D eigenvalue weighted by Crippen LogP contribution is -2.30. The van der Waals surface area contributed by atoms with Crippen LogP contribution in [-0.2, 0) is 11.5 Å². The Morgan fingerprint density at radius 3 is 2.62 bits per heavy atom. The van der Waals surface area contributed by atoms with Gasteiger partial charge in [0.25, 0.3) is 5.92 Å². The van der Waals surface area contributed by atoms with Crippen molar-refractivity contribution in [1.82, 2.24) is 9.78 Å². The second kappa shape index (κ2) is 2.79. The highest BCUT2D eigenvalue weighted by molar-refractivity contribution is 14.1. The van der Waals surface area contributed by atoms with Gasteiger partial charge in [-0.05, 0) is 55.7 Å². The Morgan fingerprint density at radius 1 is 1.44 bits per heavy atom. The molecule has 0 bridgehead atoms. The summed E-state index contributed by atoms with van der Waals surface area (Å²) in [5.74, 6) is -3.07. The molecule has 88 valence electrons. The van der Waals surface area contributed by atoms with E-state index in [-0.39, 0.29) is 17.2 Å². The molecule has 2 nitrogen and oxygen atoms in total. The van der Waals surface area contributed by atoms with Gasteiger partial charge in [0, 0.05) is 11.5 Å². The molecule has 3 rings (SSSR count). The molecular weight excluding hydrogens is 325 g/mol. The first-order valence-electron chi connectivity index (χ1n) is 5.41. The molecule has 0 aromatic carbocycles. The monoisotopic (exact) mass is 338 g/mol. The molecule has 0 amide bonds. The van der Waals surface area contributed by atoms with Crippen LogP contribution in [0, 0.1) is 9.62 Å². The third kappa shape index (κ3) is 1.18. The fourth-order valence-electron chi connectivity index (χ4n) is 2.63.